The maximum absolute atomic E-state index is 5.00. The van der Waals surface area contributed by atoms with Gasteiger partial charge in [0.1, 0.15) is 0 Å². The van der Waals surface area contributed by atoms with E-state index < -0.39 is 0 Å². The van der Waals surface area contributed by atoms with Crippen LogP contribution in [0.1, 0.15) is 27.2 Å². The number of methoxy groups -OCH3 is 1. The molecule has 9 heavy (non-hydrogen) atoms. The molecular formula is C8H18O. The molecule has 0 heterocycles. The molecule has 0 amide bonds. The Kier molecular flexibility index (Phi) is 4.78. The number of hydrogen-bond donors (Lipinski definition) is 0. The minimum absolute atomic E-state index is 0.718. The third-order valence-electron chi connectivity index (χ3n) is 1.32. The lowest BCUT2D eigenvalue weighted by atomic mass is 10.00. The Morgan fingerprint density at radius 1 is 1.22 bits per heavy atom. The minimum atomic E-state index is 0.718. The predicted octanol–water partition coefficient (Wildman–Crippen LogP) is 2.32. The van der Waals surface area contributed by atoms with Gasteiger partial charge in [0.05, 0.1) is 0 Å². The van der Waals surface area contributed by atoms with Crippen molar-refractivity contribution >= 4 is 0 Å². The van der Waals surface area contributed by atoms with Crippen molar-refractivity contribution in [3.63, 3.8) is 0 Å². The average Bonchev–Trinajstić information content (AvgIpc) is 1.63. The minimum Gasteiger partial charge on any atom is -0.384 e. The molecule has 56 valence electrons. The van der Waals surface area contributed by atoms with Gasteiger partial charge in [0.15, 0.2) is 0 Å². The van der Waals surface area contributed by atoms with Crippen LogP contribution in [0, 0.1) is 11.8 Å². The highest BCUT2D eigenvalue weighted by molar-refractivity contribution is 4.53. The summed E-state index contributed by atoms with van der Waals surface area (Å²) in [5.41, 5.74) is 0. The Balaban J connectivity index is 3.15. The van der Waals surface area contributed by atoms with Gasteiger partial charge in [0.25, 0.3) is 0 Å². The average molecular weight is 130 g/mol. The predicted molar refractivity (Wildman–Crippen MR) is 40.5 cm³/mol. The first-order valence-electron chi connectivity index (χ1n) is 3.65. The van der Waals surface area contributed by atoms with Crippen LogP contribution < -0.4 is 0 Å². The SMILES string of the molecule is COC[C@H](C)CC(C)C. The highest BCUT2D eigenvalue weighted by Gasteiger charge is 2.02. The first kappa shape index (κ1) is 8.96. The van der Waals surface area contributed by atoms with E-state index in [-0.39, 0.29) is 0 Å². The van der Waals surface area contributed by atoms with Crippen molar-refractivity contribution in [2.24, 2.45) is 11.8 Å². The zero-order chi connectivity index (χ0) is 7.28. The van der Waals surface area contributed by atoms with Crippen LogP contribution in [-0.2, 0) is 4.74 Å². The molecule has 0 unspecified atom stereocenters. The maximum atomic E-state index is 5.00. The number of rotatable bonds is 4. The summed E-state index contributed by atoms with van der Waals surface area (Å²) in [5.74, 6) is 1.52. The van der Waals surface area contributed by atoms with Crippen LogP contribution in [0.25, 0.3) is 0 Å². The van der Waals surface area contributed by atoms with Gasteiger partial charge in [-0.05, 0) is 18.3 Å². The molecule has 0 bridgehead atoms. The van der Waals surface area contributed by atoms with Crippen molar-refractivity contribution in [1.82, 2.24) is 0 Å². The summed E-state index contributed by atoms with van der Waals surface area (Å²) in [7, 11) is 1.76. The molecule has 0 aliphatic carbocycles. The summed E-state index contributed by atoms with van der Waals surface area (Å²) in [5, 5.41) is 0. The van der Waals surface area contributed by atoms with Gasteiger partial charge in [-0.3, -0.25) is 0 Å². The van der Waals surface area contributed by atoms with E-state index in [0.29, 0.717) is 0 Å². The van der Waals surface area contributed by atoms with E-state index in [0.717, 1.165) is 18.4 Å². The Morgan fingerprint density at radius 3 is 2.11 bits per heavy atom. The maximum Gasteiger partial charge on any atom is 0.0487 e. The summed E-state index contributed by atoms with van der Waals surface area (Å²) in [6, 6.07) is 0. The van der Waals surface area contributed by atoms with Crippen molar-refractivity contribution in [1.29, 1.82) is 0 Å². The van der Waals surface area contributed by atoms with Crippen molar-refractivity contribution in [3.8, 4) is 0 Å². The van der Waals surface area contributed by atoms with Crippen molar-refractivity contribution in [2.45, 2.75) is 27.2 Å². The van der Waals surface area contributed by atoms with E-state index in [9.17, 15) is 0 Å². The fourth-order valence-electron chi connectivity index (χ4n) is 1.16. The van der Waals surface area contributed by atoms with E-state index in [1.807, 2.05) is 0 Å². The molecular weight excluding hydrogens is 112 g/mol. The second kappa shape index (κ2) is 4.80. The Labute approximate surface area is 58.4 Å². The van der Waals surface area contributed by atoms with Gasteiger partial charge in [-0.25, -0.2) is 0 Å². The third-order valence-corrected chi connectivity index (χ3v) is 1.32. The molecule has 0 saturated heterocycles. The normalized spacial score (nSPS) is 14.3. The molecule has 1 heteroatoms. The molecule has 1 atom stereocenters. The number of ether oxygens (including phenoxy) is 1. The molecule has 0 rings (SSSR count). The fraction of sp³-hybridized carbons (Fsp3) is 1.00. The van der Waals surface area contributed by atoms with E-state index in [2.05, 4.69) is 20.8 Å². The Bertz CT molecular complexity index is 59.6. The molecule has 1 nitrogen and oxygen atoms in total. The molecule has 0 spiro atoms. The Morgan fingerprint density at radius 2 is 1.78 bits per heavy atom. The Hall–Kier alpha value is -0.0400. The first-order valence-corrected chi connectivity index (χ1v) is 3.65. The second-order valence-corrected chi connectivity index (χ2v) is 3.19. The molecule has 0 fully saturated rings. The molecule has 0 N–H and O–H groups in total. The van der Waals surface area contributed by atoms with Gasteiger partial charge >= 0.3 is 0 Å². The monoisotopic (exact) mass is 130 g/mol. The van der Waals surface area contributed by atoms with Gasteiger partial charge in [0, 0.05) is 13.7 Å². The van der Waals surface area contributed by atoms with Gasteiger partial charge in [-0.15, -0.1) is 0 Å². The van der Waals surface area contributed by atoms with Crippen molar-refractivity contribution in [3.05, 3.63) is 0 Å². The molecule has 0 saturated carbocycles. The highest BCUT2D eigenvalue weighted by Crippen LogP contribution is 2.10. The second-order valence-electron chi connectivity index (χ2n) is 3.19. The largest absolute Gasteiger partial charge is 0.384 e. The van der Waals surface area contributed by atoms with E-state index in [4.69, 9.17) is 4.74 Å². The van der Waals surface area contributed by atoms with E-state index >= 15 is 0 Å². The van der Waals surface area contributed by atoms with Crippen LogP contribution in [0.4, 0.5) is 0 Å². The third kappa shape index (κ3) is 5.84. The molecule has 0 aliphatic heterocycles. The molecule has 0 radical (unpaired) electrons. The summed E-state index contributed by atoms with van der Waals surface area (Å²) in [4.78, 5) is 0. The van der Waals surface area contributed by atoms with Crippen molar-refractivity contribution < 1.29 is 4.74 Å². The first-order chi connectivity index (χ1) is 4.16. The van der Waals surface area contributed by atoms with Crippen molar-refractivity contribution in [2.75, 3.05) is 13.7 Å². The van der Waals surface area contributed by atoms with Gasteiger partial charge in [0.2, 0.25) is 0 Å². The smallest absolute Gasteiger partial charge is 0.0487 e. The van der Waals surface area contributed by atoms with Crippen LogP contribution in [0.2, 0.25) is 0 Å². The van der Waals surface area contributed by atoms with Crippen LogP contribution in [0.3, 0.4) is 0 Å². The number of hydrogen-bond acceptors (Lipinski definition) is 1. The topological polar surface area (TPSA) is 9.23 Å². The lowest BCUT2D eigenvalue weighted by Gasteiger charge is -2.11. The van der Waals surface area contributed by atoms with Gasteiger partial charge in [-0.1, -0.05) is 20.8 Å². The van der Waals surface area contributed by atoms with E-state index in [1.54, 1.807) is 7.11 Å². The van der Waals surface area contributed by atoms with Crippen LogP contribution in [-0.4, -0.2) is 13.7 Å². The zero-order valence-electron chi connectivity index (χ0n) is 6.98. The lowest BCUT2D eigenvalue weighted by Crippen LogP contribution is -2.06. The molecule has 0 aromatic carbocycles. The molecule has 0 aliphatic rings. The molecule has 0 aromatic rings. The molecule has 0 aromatic heterocycles. The summed E-state index contributed by atoms with van der Waals surface area (Å²) in [6.45, 7) is 7.61. The quantitative estimate of drug-likeness (QED) is 0.567. The summed E-state index contributed by atoms with van der Waals surface area (Å²) in [6.07, 6.45) is 1.27. The van der Waals surface area contributed by atoms with E-state index in [1.165, 1.54) is 6.42 Å². The lowest BCUT2D eigenvalue weighted by molar-refractivity contribution is 0.149. The highest BCUT2D eigenvalue weighted by atomic mass is 16.5. The summed E-state index contributed by atoms with van der Waals surface area (Å²) >= 11 is 0. The van der Waals surface area contributed by atoms with Crippen LogP contribution >= 0.6 is 0 Å². The summed E-state index contributed by atoms with van der Waals surface area (Å²) < 4.78 is 5.00. The van der Waals surface area contributed by atoms with Crippen LogP contribution in [0.5, 0.6) is 0 Å². The standard InChI is InChI=1S/C8H18O/c1-7(2)5-8(3)6-9-4/h7-8H,5-6H2,1-4H3/t8-/m1/s1. The van der Waals surface area contributed by atoms with Gasteiger partial charge in [-0.2, -0.15) is 0 Å². The van der Waals surface area contributed by atoms with Crippen LogP contribution in [0.15, 0.2) is 0 Å². The fourth-order valence-corrected chi connectivity index (χ4v) is 1.16. The van der Waals surface area contributed by atoms with Gasteiger partial charge < -0.3 is 4.74 Å². The zero-order valence-corrected chi connectivity index (χ0v) is 6.98.